The van der Waals surface area contributed by atoms with E-state index in [1.54, 1.807) is 31.2 Å². The molecule has 2 aliphatic rings. The molecule has 4 N–H and O–H groups in total. The van der Waals surface area contributed by atoms with E-state index in [-0.39, 0.29) is 45.4 Å². The van der Waals surface area contributed by atoms with Gasteiger partial charge in [0.1, 0.15) is 4.70 Å². The molecular formula is C36H42N3O12S5+. The number of esters is 1. The molecule has 56 heavy (non-hydrogen) atoms. The second-order valence-corrected chi connectivity index (χ2v) is 19.9. The van der Waals surface area contributed by atoms with Crippen molar-refractivity contribution in [2.45, 2.75) is 44.0 Å². The zero-order valence-corrected chi connectivity index (χ0v) is 34.3. The highest BCUT2D eigenvalue weighted by molar-refractivity contribution is 8.03. The summed E-state index contributed by atoms with van der Waals surface area (Å²) in [6.07, 6.45) is 8.89. The van der Waals surface area contributed by atoms with Crippen LogP contribution in [0.1, 0.15) is 37.6 Å². The van der Waals surface area contributed by atoms with Crippen LogP contribution in [0, 0.1) is 5.41 Å². The third kappa shape index (κ3) is 11.6. The summed E-state index contributed by atoms with van der Waals surface area (Å²) in [5.41, 5.74) is 0.905. The quantitative estimate of drug-likeness (QED) is 0.0639. The number of aryl methyl sites for hydroxylation is 1. The molecule has 15 nitrogen and oxygen atoms in total. The number of para-hydroxylation sites is 2. The number of benzene rings is 2. The molecule has 0 saturated heterocycles. The maximum absolute atomic E-state index is 14.0. The van der Waals surface area contributed by atoms with E-state index in [1.165, 1.54) is 23.1 Å². The van der Waals surface area contributed by atoms with E-state index in [1.807, 2.05) is 64.1 Å². The number of fused-ring (bicyclic) bond motifs is 2. The third-order valence-electron chi connectivity index (χ3n) is 8.85. The molecule has 1 aliphatic carbocycles. The number of nitrogens with one attached hydrogen (secondary N) is 1. The minimum absolute atomic E-state index is 0.0460. The summed E-state index contributed by atoms with van der Waals surface area (Å²) >= 11 is 2.87. The van der Waals surface area contributed by atoms with Gasteiger partial charge in [-0.15, -0.1) is 0 Å². The van der Waals surface area contributed by atoms with Crippen molar-refractivity contribution >= 4 is 87.3 Å². The summed E-state index contributed by atoms with van der Waals surface area (Å²) in [5, 5.41) is 3.94. The lowest BCUT2D eigenvalue weighted by molar-refractivity contribution is -0.668. The lowest BCUT2D eigenvalue weighted by atomic mass is 9.71. The number of hydrogen-bond donors (Lipinski definition) is 4. The average molecular weight is 869 g/mol. The predicted molar refractivity (Wildman–Crippen MR) is 215 cm³/mol. The molecule has 20 heteroatoms. The Morgan fingerprint density at radius 1 is 0.893 bits per heavy atom. The molecule has 2 heterocycles. The fraction of sp³-hybridized carbons (Fsp3) is 0.361. The zero-order valence-electron chi connectivity index (χ0n) is 30.2. The van der Waals surface area contributed by atoms with Crippen molar-refractivity contribution < 1.29 is 57.8 Å². The van der Waals surface area contributed by atoms with Crippen LogP contribution in [0.5, 0.6) is 0 Å². The first-order valence-electron chi connectivity index (χ1n) is 17.4. The Bertz CT molecular complexity index is 2440. The van der Waals surface area contributed by atoms with Crippen LogP contribution in [0.25, 0.3) is 16.3 Å². The normalized spacial score (nSPS) is 19.1. The number of allylic oxidation sites excluding steroid dienone is 6. The Labute approximate surface area is 334 Å². The fourth-order valence-electron chi connectivity index (χ4n) is 6.43. The minimum Gasteiger partial charge on any atom is -0.465 e. The van der Waals surface area contributed by atoms with Gasteiger partial charge in [-0.25, -0.2) is 0 Å². The Morgan fingerprint density at radius 2 is 1.57 bits per heavy atom. The van der Waals surface area contributed by atoms with Crippen molar-refractivity contribution in [1.82, 2.24) is 5.32 Å². The molecule has 1 aromatic heterocycles. The standard InChI is InChI=1S/C36H41N3O12S5/c1-2-51-35(41)36(34(40)37-17-22-56(48,49)50)24-26(13-15-32-38(18-7-20-54(42,43)44)28-9-3-5-11-30(28)52-32)23-27(25-36)14-16-33-39(19-8-21-55(45,46)47)29-10-4-6-12-31(29)53-33/h3-6,9-16,23H,2,7-8,17-22,24-25H2,1H3,(H3-,37,40,42,43,44,45,46,47,48,49,50)/p+1. The Balaban J connectivity index is 1.57. The van der Waals surface area contributed by atoms with E-state index < -0.39 is 71.4 Å². The average Bonchev–Trinajstić information content (AvgIpc) is 3.65. The van der Waals surface area contributed by atoms with E-state index in [4.69, 9.17) is 4.74 Å². The number of amides is 1. The van der Waals surface area contributed by atoms with Crippen molar-refractivity contribution in [3.05, 3.63) is 94.0 Å². The molecule has 2 aromatic carbocycles. The number of carbonyl (C=O) groups is 2. The third-order valence-corrected chi connectivity index (χ3v) is 13.4. The first-order chi connectivity index (χ1) is 26.4. The minimum atomic E-state index is -4.43. The van der Waals surface area contributed by atoms with Gasteiger partial charge in [-0.3, -0.25) is 23.2 Å². The Kier molecular flexibility index (Phi) is 14.0. The van der Waals surface area contributed by atoms with Gasteiger partial charge in [-0.2, -0.15) is 29.8 Å². The van der Waals surface area contributed by atoms with Crippen LogP contribution in [0.3, 0.4) is 0 Å². The van der Waals surface area contributed by atoms with Gasteiger partial charge in [0.05, 0.1) is 34.6 Å². The van der Waals surface area contributed by atoms with Crippen molar-refractivity contribution in [2.75, 3.05) is 41.9 Å². The van der Waals surface area contributed by atoms with Gasteiger partial charge in [0, 0.05) is 36.5 Å². The summed E-state index contributed by atoms with van der Waals surface area (Å²) < 4.78 is 105. The van der Waals surface area contributed by atoms with Gasteiger partial charge in [0.15, 0.2) is 12.0 Å². The monoisotopic (exact) mass is 868 g/mol. The van der Waals surface area contributed by atoms with Gasteiger partial charge in [-0.05, 0) is 61.6 Å². The maximum Gasteiger partial charge on any atom is 0.322 e. The van der Waals surface area contributed by atoms with Crippen LogP contribution >= 0.6 is 23.1 Å². The van der Waals surface area contributed by atoms with Gasteiger partial charge in [0.25, 0.3) is 35.4 Å². The van der Waals surface area contributed by atoms with Gasteiger partial charge >= 0.3 is 5.97 Å². The number of thioether (sulfide) groups is 1. The van der Waals surface area contributed by atoms with Crippen LogP contribution in [-0.4, -0.2) is 87.7 Å². The molecule has 1 aliphatic heterocycles. The number of rotatable bonds is 17. The lowest BCUT2D eigenvalue weighted by Gasteiger charge is -2.34. The first-order valence-corrected chi connectivity index (χ1v) is 23.9. The summed E-state index contributed by atoms with van der Waals surface area (Å²) in [7, 11) is -12.8. The number of ether oxygens (including phenoxy) is 1. The molecule has 3 aromatic rings. The topological polar surface area (TPSA) is 226 Å². The van der Waals surface area contributed by atoms with Crippen molar-refractivity contribution in [3.8, 4) is 0 Å². The van der Waals surface area contributed by atoms with Gasteiger partial charge < -0.3 is 15.0 Å². The SMILES string of the molecule is CCOC(=O)C1(C(=O)NCCS(=O)(=O)O)CC(/C=C/c2sc3ccccc3[n+]2CCCS(=O)(=O)O)=CC(=C/C=C2\Sc3ccccc3N2CCCS(=O)(=O)O)/C1. The summed E-state index contributed by atoms with van der Waals surface area (Å²) in [6.45, 7) is 1.62. The van der Waals surface area contributed by atoms with Crippen LogP contribution < -0.4 is 14.8 Å². The van der Waals surface area contributed by atoms with Crippen molar-refractivity contribution in [2.24, 2.45) is 5.41 Å². The molecular weight excluding hydrogens is 827 g/mol. The number of carbonyl (C=O) groups excluding carboxylic acids is 2. The van der Waals surface area contributed by atoms with Crippen molar-refractivity contribution in [1.29, 1.82) is 0 Å². The molecule has 5 rings (SSSR count). The fourth-order valence-corrected chi connectivity index (χ4v) is 9.95. The summed E-state index contributed by atoms with van der Waals surface area (Å²) in [6, 6.07) is 15.0. The second kappa shape index (κ2) is 18.1. The van der Waals surface area contributed by atoms with Crippen molar-refractivity contribution in [3.63, 3.8) is 0 Å². The summed E-state index contributed by atoms with van der Waals surface area (Å²) in [5.74, 6) is -3.27. The van der Waals surface area contributed by atoms with E-state index in [2.05, 4.69) is 5.32 Å². The molecule has 1 unspecified atom stereocenters. The van der Waals surface area contributed by atoms with Crippen LogP contribution in [0.2, 0.25) is 0 Å². The van der Waals surface area contributed by atoms with Crippen LogP contribution in [0.15, 0.2) is 93.9 Å². The Morgan fingerprint density at radius 3 is 2.29 bits per heavy atom. The number of aromatic nitrogens is 1. The van der Waals surface area contributed by atoms with E-state index >= 15 is 0 Å². The molecule has 1 amide bonds. The largest absolute Gasteiger partial charge is 0.465 e. The van der Waals surface area contributed by atoms with Crippen LogP contribution in [0.4, 0.5) is 5.69 Å². The maximum atomic E-state index is 14.0. The molecule has 302 valence electrons. The summed E-state index contributed by atoms with van der Waals surface area (Å²) in [4.78, 5) is 30.6. The van der Waals surface area contributed by atoms with Gasteiger partial charge in [-0.1, -0.05) is 65.6 Å². The van der Waals surface area contributed by atoms with Crippen LogP contribution in [-0.2, 0) is 51.2 Å². The molecule has 0 spiro atoms. The Hall–Kier alpha value is -3.89. The molecule has 0 radical (unpaired) electrons. The van der Waals surface area contributed by atoms with E-state index in [0.717, 1.165) is 30.8 Å². The van der Waals surface area contributed by atoms with Gasteiger partial charge in [0.2, 0.25) is 11.4 Å². The second-order valence-electron chi connectivity index (χ2n) is 13.1. The number of hydrogen-bond acceptors (Lipinski definition) is 12. The molecule has 1 atom stereocenters. The molecule has 0 bridgehead atoms. The van der Waals surface area contributed by atoms with E-state index in [9.17, 15) is 48.5 Å². The highest BCUT2D eigenvalue weighted by Crippen LogP contribution is 2.46. The number of anilines is 1. The predicted octanol–water partition coefficient (Wildman–Crippen LogP) is 4.41. The highest BCUT2D eigenvalue weighted by atomic mass is 32.2. The number of nitrogens with zero attached hydrogens (tertiary/aromatic N) is 2. The lowest BCUT2D eigenvalue weighted by Crippen LogP contribution is -2.49. The highest BCUT2D eigenvalue weighted by Gasteiger charge is 2.49. The molecule has 0 saturated carbocycles. The van der Waals surface area contributed by atoms with E-state index in [0.29, 0.717) is 11.1 Å². The smallest absolute Gasteiger partial charge is 0.322 e. The molecule has 0 fully saturated rings. The number of thiazole rings is 1. The zero-order chi connectivity index (χ0) is 40.7. The first kappa shape index (κ1) is 43.2.